The Morgan fingerprint density at radius 2 is 2.18 bits per heavy atom. The molecule has 0 aromatic carbocycles. The van der Waals surface area contributed by atoms with Crippen LogP contribution in [0.25, 0.3) is 0 Å². The number of methoxy groups -OCH3 is 1. The van der Waals surface area contributed by atoms with Crippen molar-refractivity contribution < 1.29 is 22.7 Å². The van der Waals surface area contributed by atoms with Crippen molar-refractivity contribution >= 4 is 12.2 Å². The van der Waals surface area contributed by atoms with Gasteiger partial charge in [0.1, 0.15) is 12.8 Å². The fourth-order valence-electron chi connectivity index (χ4n) is 0.288. The number of carbonyl (C=O) groups excluding carboxylic acids is 1. The maximum absolute atomic E-state index is 11.3. The summed E-state index contributed by atoms with van der Waals surface area (Å²) in [6.07, 6.45) is -4.71. The molecule has 0 aliphatic carbocycles. The van der Waals surface area contributed by atoms with E-state index < -0.39 is 18.7 Å². The van der Waals surface area contributed by atoms with E-state index in [1.807, 2.05) is 0 Å². The van der Waals surface area contributed by atoms with Gasteiger partial charge < -0.3 is 4.74 Å². The van der Waals surface area contributed by atoms with Crippen LogP contribution in [0.4, 0.5) is 13.2 Å². The first kappa shape index (κ1) is 9.93. The van der Waals surface area contributed by atoms with E-state index in [-0.39, 0.29) is 6.21 Å². The van der Waals surface area contributed by atoms with E-state index in [9.17, 15) is 18.0 Å². The smallest absolute Gasteiger partial charge is 0.426 e. The molecule has 11 heavy (non-hydrogen) atoms. The zero-order valence-electron chi connectivity index (χ0n) is 5.68. The maximum atomic E-state index is 11.3. The number of halogens is 3. The lowest BCUT2D eigenvalue weighted by atomic mass is 10.6. The fraction of sp³-hybridized carbons (Fsp3) is 0.600. The molecule has 0 bridgehead atoms. The molecule has 0 amide bonds. The van der Waals surface area contributed by atoms with E-state index in [1.165, 1.54) is 0 Å². The van der Waals surface area contributed by atoms with Crippen LogP contribution in [0.15, 0.2) is 4.99 Å². The Hall–Kier alpha value is -1.07. The zero-order chi connectivity index (χ0) is 8.91. The van der Waals surface area contributed by atoms with E-state index in [0.29, 0.717) is 0 Å². The molecule has 3 nitrogen and oxygen atoms in total. The number of carbonyl (C=O) groups is 1. The Morgan fingerprint density at radius 1 is 1.64 bits per heavy atom. The minimum atomic E-state index is -4.46. The van der Waals surface area contributed by atoms with E-state index in [2.05, 4.69) is 9.73 Å². The second-order valence-corrected chi connectivity index (χ2v) is 1.59. The van der Waals surface area contributed by atoms with Crippen molar-refractivity contribution in [2.45, 2.75) is 6.18 Å². The molecular weight excluding hydrogens is 163 g/mol. The van der Waals surface area contributed by atoms with Crippen LogP contribution >= 0.6 is 0 Å². The number of nitrogens with zero attached hydrogens (tertiary/aromatic N) is 1. The van der Waals surface area contributed by atoms with Gasteiger partial charge in [0.15, 0.2) is 0 Å². The molecule has 0 aliphatic rings. The molecule has 0 unspecified atom stereocenters. The van der Waals surface area contributed by atoms with Crippen molar-refractivity contribution in [3.8, 4) is 0 Å². The topological polar surface area (TPSA) is 38.7 Å². The highest BCUT2D eigenvalue weighted by Gasteiger charge is 2.23. The third-order valence-electron chi connectivity index (χ3n) is 0.686. The Balaban J connectivity index is 3.70. The van der Waals surface area contributed by atoms with Crippen molar-refractivity contribution in [3.05, 3.63) is 0 Å². The predicted molar refractivity (Wildman–Crippen MR) is 31.4 cm³/mol. The minimum absolute atomic E-state index is 0.246. The Morgan fingerprint density at radius 3 is 2.55 bits per heavy atom. The molecule has 0 fully saturated rings. The monoisotopic (exact) mass is 169 g/mol. The normalized spacial score (nSPS) is 12.0. The number of esters is 1. The van der Waals surface area contributed by atoms with Gasteiger partial charge in [0.2, 0.25) is 0 Å². The number of aliphatic imine (C=N–C) groups is 1. The Bertz CT molecular complexity index is 164. The summed E-state index contributed by atoms with van der Waals surface area (Å²) in [5, 5.41) is 0. The van der Waals surface area contributed by atoms with Gasteiger partial charge in [0.05, 0.1) is 7.11 Å². The van der Waals surface area contributed by atoms with E-state index in [0.717, 1.165) is 7.11 Å². The lowest BCUT2D eigenvalue weighted by Crippen LogP contribution is -2.11. The van der Waals surface area contributed by atoms with Crippen molar-refractivity contribution in [1.29, 1.82) is 0 Å². The average molecular weight is 169 g/mol. The first-order valence-electron chi connectivity index (χ1n) is 2.60. The van der Waals surface area contributed by atoms with Gasteiger partial charge in [-0.15, -0.1) is 0 Å². The van der Waals surface area contributed by atoms with Gasteiger partial charge >= 0.3 is 12.1 Å². The summed E-state index contributed by atoms with van der Waals surface area (Å²) in [4.78, 5) is 13.0. The summed E-state index contributed by atoms with van der Waals surface area (Å²) in [6, 6.07) is 0. The molecule has 6 heteroatoms. The van der Waals surface area contributed by atoms with Crippen molar-refractivity contribution in [1.82, 2.24) is 0 Å². The second-order valence-electron chi connectivity index (χ2n) is 1.59. The SMILES string of the molecule is COC(=O)CN=CC(F)(F)F. The largest absolute Gasteiger partial charge is 0.468 e. The molecule has 64 valence electrons. The highest BCUT2D eigenvalue weighted by molar-refractivity contribution is 5.74. The molecule has 0 aromatic rings. The van der Waals surface area contributed by atoms with E-state index >= 15 is 0 Å². The van der Waals surface area contributed by atoms with Crippen LogP contribution in [0, 0.1) is 0 Å². The second kappa shape index (κ2) is 3.95. The lowest BCUT2D eigenvalue weighted by Gasteiger charge is -1.96. The molecule has 0 N–H and O–H groups in total. The standard InChI is InChI=1S/C5H6F3NO2/c1-11-4(10)2-9-3-5(6,7)8/h3H,2H2,1H3. The number of alkyl halides is 3. The van der Waals surface area contributed by atoms with Crippen LogP contribution in [0.3, 0.4) is 0 Å². The molecule has 0 saturated heterocycles. The predicted octanol–water partition coefficient (Wildman–Crippen LogP) is 0.792. The van der Waals surface area contributed by atoms with E-state index in [1.54, 1.807) is 0 Å². The third-order valence-corrected chi connectivity index (χ3v) is 0.686. The molecule has 0 aliphatic heterocycles. The van der Waals surface area contributed by atoms with Gasteiger partial charge in [-0.2, -0.15) is 13.2 Å². The Kier molecular flexibility index (Phi) is 3.56. The van der Waals surface area contributed by atoms with E-state index in [4.69, 9.17) is 0 Å². The molecule has 0 atom stereocenters. The Labute approximate surface area is 60.9 Å². The molecule has 0 aromatic heterocycles. The van der Waals surface area contributed by atoms with Crippen LogP contribution in [0.5, 0.6) is 0 Å². The highest BCUT2D eigenvalue weighted by Crippen LogP contribution is 2.10. The van der Waals surface area contributed by atoms with Gasteiger partial charge in [-0.1, -0.05) is 0 Å². The molecular formula is C5H6F3NO2. The van der Waals surface area contributed by atoms with Gasteiger partial charge in [-0.25, -0.2) is 0 Å². The maximum Gasteiger partial charge on any atom is 0.426 e. The molecule has 0 rings (SSSR count). The molecule has 0 heterocycles. The molecule has 0 radical (unpaired) electrons. The van der Waals surface area contributed by atoms with Gasteiger partial charge in [0.25, 0.3) is 0 Å². The van der Waals surface area contributed by atoms with Crippen molar-refractivity contribution in [3.63, 3.8) is 0 Å². The van der Waals surface area contributed by atoms with Crippen LogP contribution in [-0.4, -0.2) is 32.0 Å². The summed E-state index contributed by atoms with van der Waals surface area (Å²) in [5.74, 6) is -0.800. The van der Waals surface area contributed by atoms with Crippen molar-refractivity contribution in [2.24, 2.45) is 4.99 Å². The number of hydrogen-bond acceptors (Lipinski definition) is 3. The number of hydrogen-bond donors (Lipinski definition) is 0. The van der Waals surface area contributed by atoms with Gasteiger partial charge in [-0.05, 0) is 0 Å². The number of rotatable bonds is 2. The summed E-state index contributed by atoms with van der Waals surface area (Å²) in [5.41, 5.74) is 0. The molecule has 0 spiro atoms. The summed E-state index contributed by atoms with van der Waals surface area (Å²) < 4.78 is 38.0. The summed E-state index contributed by atoms with van der Waals surface area (Å²) in [7, 11) is 1.07. The summed E-state index contributed by atoms with van der Waals surface area (Å²) in [6.45, 7) is -0.601. The quantitative estimate of drug-likeness (QED) is 0.452. The van der Waals surface area contributed by atoms with Crippen LogP contribution in [-0.2, 0) is 9.53 Å². The van der Waals surface area contributed by atoms with Crippen molar-refractivity contribution in [2.75, 3.05) is 13.7 Å². The fourth-order valence-corrected chi connectivity index (χ4v) is 0.288. The van der Waals surface area contributed by atoms with Crippen LogP contribution < -0.4 is 0 Å². The lowest BCUT2D eigenvalue weighted by molar-refractivity contribution is -0.138. The first-order chi connectivity index (χ1) is 4.95. The van der Waals surface area contributed by atoms with Gasteiger partial charge in [-0.3, -0.25) is 9.79 Å². The van der Waals surface area contributed by atoms with Crippen LogP contribution in [0.2, 0.25) is 0 Å². The average Bonchev–Trinajstić information content (AvgIpc) is 1.85. The highest BCUT2D eigenvalue weighted by atomic mass is 19.4. The number of ether oxygens (including phenoxy) is 1. The summed E-state index contributed by atoms with van der Waals surface area (Å²) >= 11 is 0. The van der Waals surface area contributed by atoms with Gasteiger partial charge in [0, 0.05) is 0 Å². The zero-order valence-corrected chi connectivity index (χ0v) is 5.68. The molecule has 0 saturated carbocycles. The van der Waals surface area contributed by atoms with Crippen LogP contribution in [0.1, 0.15) is 0 Å². The minimum Gasteiger partial charge on any atom is -0.468 e. The third kappa shape index (κ3) is 6.82. The first-order valence-corrected chi connectivity index (χ1v) is 2.60.